The van der Waals surface area contributed by atoms with Crippen LogP contribution in [-0.4, -0.2) is 23.8 Å². The highest BCUT2D eigenvalue weighted by Crippen LogP contribution is 1.97. The maximum Gasteiger partial charge on any atom is 0.247 e. The number of rotatable bonds is 0. The Morgan fingerprint density at radius 2 is 1.20 bits per heavy atom. The third-order valence-electron chi connectivity index (χ3n) is 0. The fourth-order valence-corrected chi connectivity index (χ4v) is 0. The molecular weight excluding hydrogens is 177 g/mol. The summed E-state index contributed by atoms with van der Waals surface area (Å²) in [6, 6.07) is 0. The molecule has 32 valence electrons. The Labute approximate surface area is 47.1 Å². The second-order valence-electron chi connectivity index (χ2n) is 1.85. The maximum atomic E-state index is 2.32. The number of halogens is 1. The van der Waals surface area contributed by atoms with E-state index in [9.17, 15) is 0 Å². The Hall–Kier alpha value is 0.690. The second kappa shape index (κ2) is 1.43. The molecule has 0 aliphatic carbocycles. The van der Waals surface area contributed by atoms with Crippen molar-refractivity contribution in [2.24, 2.45) is 0 Å². The van der Waals surface area contributed by atoms with Gasteiger partial charge in [-0.15, -0.1) is 0 Å². The fraction of sp³-hybridized carbons (Fsp3) is 1.00. The first-order chi connectivity index (χ1) is 2.00. The predicted octanol–water partition coefficient (Wildman–Crippen LogP) is 1.04. The highest BCUT2D eigenvalue weighted by molar-refractivity contribution is 14.1. The zero-order chi connectivity index (χ0) is 4.50. The van der Waals surface area contributed by atoms with Crippen molar-refractivity contribution >= 4 is 22.9 Å². The lowest BCUT2D eigenvalue weighted by atomic mass is 11.0. The van der Waals surface area contributed by atoms with Crippen molar-refractivity contribution in [3.63, 3.8) is 0 Å². The van der Waals surface area contributed by atoms with E-state index in [2.05, 4.69) is 44.0 Å². The van der Waals surface area contributed by atoms with E-state index in [0.29, 0.717) is 0 Å². The quantitative estimate of drug-likeness (QED) is 0.391. The van der Waals surface area contributed by atoms with Crippen LogP contribution >= 0.6 is 22.9 Å². The van der Waals surface area contributed by atoms with Crippen LogP contribution in [0.25, 0.3) is 0 Å². The molecule has 0 aromatic rings. The van der Waals surface area contributed by atoms with Gasteiger partial charge < -0.3 is 0 Å². The Morgan fingerprint density at radius 1 is 1.20 bits per heavy atom. The summed E-state index contributed by atoms with van der Waals surface area (Å²) in [5.74, 6) is 0. The van der Waals surface area contributed by atoms with E-state index in [1.54, 1.807) is 0 Å². The van der Waals surface area contributed by atoms with E-state index in [0.717, 1.165) is 2.70 Å². The fourth-order valence-electron chi connectivity index (χ4n) is 0. The molecule has 0 N–H and O–H groups in total. The zero-order valence-corrected chi connectivity index (χ0v) is 5.98. The smallest absolute Gasteiger partial charge is 0.247 e. The summed E-state index contributed by atoms with van der Waals surface area (Å²) in [6.07, 6.45) is 0. The van der Waals surface area contributed by atoms with Gasteiger partial charge >= 0.3 is 0 Å². The molecule has 0 atom stereocenters. The summed E-state index contributed by atoms with van der Waals surface area (Å²) in [5.41, 5.74) is 0. The molecule has 0 saturated carbocycles. The van der Waals surface area contributed by atoms with Gasteiger partial charge in [-0.1, -0.05) is 0 Å². The minimum Gasteiger partial charge on any atom is -0.275 e. The van der Waals surface area contributed by atoms with Crippen LogP contribution in [0.1, 0.15) is 0 Å². The molecule has 0 unspecified atom stereocenters. The van der Waals surface area contributed by atoms with Gasteiger partial charge in [-0.2, -0.15) is 0 Å². The molecular formula is C3H9IN+. The minimum absolute atomic E-state index is 0.970. The van der Waals surface area contributed by atoms with Crippen LogP contribution in [-0.2, 0) is 0 Å². The summed E-state index contributed by atoms with van der Waals surface area (Å²) in [6.45, 7) is 0. The van der Waals surface area contributed by atoms with Crippen LogP contribution in [0.3, 0.4) is 0 Å². The molecule has 0 aromatic heterocycles. The van der Waals surface area contributed by atoms with Crippen molar-refractivity contribution in [2.45, 2.75) is 0 Å². The molecule has 0 heterocycles. The maximum absolute atomic E-state index is 2.32. The predicted molar refractivity (Wildman–Crippen MR) is 32.1 cm³/mol. The third kappa shape index (κ3) is 71.3. The van der Waals surface area contributed by atoms with Crippen LogP contribution in [0.15, 0.2) is 0 Å². The van der Waals surface area contributed by atoms with Gasteiger partial charge in [0.05, 0.1) is 21.1 Å². The lowest BCUT2D eigenvalue weighted by Gasteiger charge is -2.09. The average Bonchev–Trinajstić information content (AvgIpc) is 0.722. The van der Waals surface area contributed by atoms with Crippen molar-refractivity contribution in [3.8, 4) is 0 Å². The first kappa shape index (κ1) is 5.69. The molecule has 0 spiro atoms. The topological polar surface area (TPSA) is 0 Å². The molecule has 0 aliphatic rings. The highest BCUT2D eigenvalue weighted by atomic mass is 127. The SMILES string of the molecule is C[N+](C)(C)I. The molecule has 0 fully saturated rings. The van der Waals surface area contributed by atoms with E-state index < -0.39 is 0 Å². The molecule has 0 bridgehead atoms. The Morgan fingerprint density at radius 3 is 1.20 bits per heavy atom. The third-order valence-corrected chi connectivity index (χ3v) is 0. The number of hydrogen-bond acceptors (Lipinski definition) is 0. The van der Waals surface area contributed by atoms with Gasteiger partial charge in [-0.3, -0.25) is 2.70 Å². The van der Waals surface area contributed by atoms with Crippen molar-refractivity contribution in [1.82, 2.24) is 0 Å². The van der Waals surface area contributed by atoms with Gasteiger partial charge in [0.15, 0.2) is 0 Å². The molecule has 0 rings (SSSR count). The molecule has 0 aliphatic heterocycles. The second-order valence-corrected chi connectivity index (χ2v) is 4.74. The Bertz CT molecular complexity index is 22.4. The average molecular weight is 186 g/mol. The summed E-state index contributed by atoms with van der Waals surface area (Å²) < 4.78 is 0.970. The Kier molecular flexibility index (Phi) is 1.62. The molecule has 1 nitrogen and oxygen atoms in total. The number of hydrogen-bond donors (Lipinski definition) is 0. The van der Waals surface area contributed by atoms with Gasteiger partial charge in [-0.05, 0) is 0 Å². The monoisotopic (exact) mass is 186 g/mol. The van der Waals surface area contributed by atoms with Crippen LogP contribution in [0, 0.1) is 0 Å². The van der Waals surface area contributed by atoms with Gasteiger partial charge in [-0.25, -0.2) is 0 Å². The van der Waals surface area contributed by atoms with Crippen molar-refractivity contribution < 1.29 is 2.70 Å². The van der Waals surface area contributed by atoms with Crippen LogP contribution in [0.4, 0.5) is 0 Å². The summed E-state index contributed by atoms with van der Waals surface area (Å²) in [4.78, 5) is 0. The largest absolute Gasteiger partial charge is 0.275 e. The number of nitrogens with zero attached hydrogens (tertiary/aromatic N) is 1. The van der Waals surface area contributed by atoms with E-state index in [1.807, 2.05) is 0 Å². The van der Waals surface area contributed by atoms with E-state index in [1.165, 1.54) is 0 Å². The van der Waals surface area contributed by atoms with E-state index >= 15 is 0 Å². The van der Waals surface area contributed by atoms with Crippen molar-refractivity contribution in [2.75, 3.05) is 21.1 Å². The highest BCUT2D eigenvalue weighted by Gasteiger charge is 1.93. The summed E-state index contributed by atoms with van der Waals surface area (Å²) in [5, 5.41) is 0. The molecule has 0 amide bonds. The van der Waals surface area contributed by atoms with Crippen LogP contribution in [0.2, 0.25) is 0 Å². The van der Waals surface area contributed by atoms with Gasteiger partial charge in [0, 0.05) is 0 Å². The lowest BCUT2D eigenvalue weighted by molar-refractivity contribution is -0.681. The zero-order valence-electron chi connectivity index (χ0n) is 3.83. The van der Waals surface area contributed by atoms with Crippen LogP contribution in [0.5, 0.6) is 0 Å². The van der Waals surface area contributed by atoms with Gasteiger partial charge in [0.25, 0.3) is 0 Å². The molecule has 2 heteroatoms. The van der Waals surface area contributed by atoms with Gasteiger partial charge in [0.2, 0.25) is 22.9 Å². The van der Waals surface area contributed by atoms with E-state index in [4.69, 9.17) is 0 Å². The van der Waals surface area contributed by atoms with E-state index in [-0.39, 0.29) is 0 Å². The minimum atomic E-state index is 0.970. The summed E-state index contributed by atoms with van der Waals surface area (Å²) in [7, 11) is 6.34. The lowest BCUT2D eigenvalue weighted by Crippen LogP contribution is -2.18. The number of quaternary nitrogens is 1. The Balaban J connectivity index is 3.02. The first-order valence-electron chi connectivity index (χ1n) is 1.51. The standard InChI is InChI=1S/C3H9IN/c1-5(2,3)4/h1-3H3/q+1. The molecule has 0 radical (unpaired) electrons. The van der Waals surface area contributed by atoms with Crippen LogP contribution < -0.4 is 0 Å². The molecule has 5 heavy (non-hydrogen) atoms. The van der Waals surface area contributed by atoms with Crippen molar-refractivity contribution in [1.29, 1.82) is 0 Å². The summed E-state index contributed by atoms with van der Waals surface area (Å²) >= 11 is 2.32. The molecule has 0 aromatic carbocycles. The first-order valence-corrected chi connectivity index (χ1v) is 2.48. The normalized spacial score (nSPS) is 12.0. The molecule has 0 saturated heterocycles. The van der Waals surface area contributed by atoms with Crippen molar-refractivity contribution in [3.05, 3.63) is 0 Å². The van der Waals surface area contributed by atoms with Gasteiger partial charge in [0.1, 0.15) is 0 Å².